The van der Waals surface area contributed by atoms with E-state index in [1.807, 2.05) is 0 Å². The maximum Gasteiger partial charge on any atom is 0.308 e. The number of unbranched alkanes of at least 4 members (excludes halogenated alkanes) is 1. The third-order valence-corrected chi connectivity index (χ3v) is 18.1. The van der Waals surface area contributed by atoms with Gasteiger partial charge in [-0.25, -0.2) is 0 Å². The van der Waals surface area contributed by atoms with Crippen LogP contribution in [-0.4, -0.2) is 72.7 Å². The first-order valence-corrected chi connectivity index (χ1v) is 22.5. The Labute approximate surface area is 213 Å². The fraction of sp³-hybridized carbons (Fsp3) is 0.960. The first-order valence-electron chi connectivity index (χ1n) is 13.2. The van der Waals surface area contributed by atoms with Crippen molar-refractivity contribution in [3.8, 4) is 0 Å². The number of carbonyl (C=O) groups is 1. The van der Waals surface area contributed by atoms with Gasteiger partial charge in [-0.3, -0.25) is 4.79 Å². The number of hydrogen-bond acceptors (Lipinski definition) is 6. The van der Waals surface area contributed by atoms with E-state index in [0.29, 0.717) is 6.61 Å². The minimum Gasteiger partial charge on any atom is -0.463 e. The predicted molar refractivity (Wildman–Crippen MR) is 150 cm³/mol. The van der Waals surface area contributed by atoms with E-state index in [2.05, 4.69) is 67.0 Å². The van der Waals surface area contributed by atoms with Crippen LogP contribution < -0.4 is 0 Å². The number of rotatable bonds is 18. The summed E-state index contributed by atoms with van der Waals surface area (Å²) >= 11 is 0. The molecule has 0 radical (unpaired) electrons. The quantitative estimate of drug-likeness (QED) is 0.129. The molecule has 2 atom stereocenters. The number of hydrogen-bond donors (Lipinski definition) is 1. The van der Waals surface area contributed by atoms with E-state index in [1.54, 1.807) is 13.8 Å². The third-order valence-electron chi connectivity index (χ3n) is 7.05. The molecule has 0 aliphatic heterocycles. The Morgan fingerprint density at radius 1 is 0.941 bits per heavy atom. The Hall–Kier alpha value is -0.0394. The SMILES string of the molecule is CCCC[Si](C)(C)O[C@@H](C)[Si](C)(C)OC(C)(C)[Si](C)(C)CCCOCC(O)COC(=O)C(C)C. The van der Waals surface area contributed by atoms with Gasteiger partial charge in [0.1, 0.15) is 12.7 Å². The summed E-state index contributed by atoms with van der Waals surface area (Å²) in [4.78, 5) is 11.5. The van der Waals surface area contributed by atoms with Crippen molar-refractivity contribution in [3.05, 3.63) is 0 Å². The second-order valence-corrected chi connectivity index (χ2v) is 26.3. The largest absolute Gasteiger partial charge is 0.463 e. The molecule has 0 fully saturated rings. The number of esters is 1. The molecule has 0 saturated carbocycles. The summed E-state index contributed by atoms with van der Waals surface area (Å²) in [7, 11) is -5.46. The van der Waals surface area contributed by atoms with Crippen molar-refractivity contribution in [2.45, 2.75) is 129 Å². The predicted octanol–water partition coefficient (Wildman–Crippen LogP) is 6.15. The third kappa shape index (κ3) is 12.8. The monoisotopic (exact) mass is 536 g/mol. The van der Waals surface area contributed by atoms with Crippen LogP contribution in [0.1, 0.15) is 60.8 Å². The second-order valence-electron chi connectivity index (χ2n) is 12.3. The zero-order chi connectivity index (χ0) is 26.8. The Morgan fingerprint density at radius 2 is 1.53 bits per heavy atom. The van der Waals surface area contributed by atoms with Crippen LogP contribution in [0.25, 0.3) is 0 Å². The molecule has 0 aliphatic carbocycles. The molecule has 0 aromatic rings. The summed E-state index contributed by atoms with van der Waals surface area (Å²) in [5, 5.41) is 9.79. The zero-order valence-electron chi connectivity index (χ0n) is 24.4. The summed E-state index contributed by atoms with van der Waals surface area (Å²) in [6.07, 6.45) is 2.59. The van der Waals surface area contributed by atoms with Crippen LogP contribution in [0.5, 0.6) is 0 Å². The van der Waals surface area contributed by atoms with Gasteiger partial charge in [0, 0.05) is 11.8 Å². The van der Waals surface area contributed by atoms with E-state index in [-0.39, 0.29) is 36.1 Å². The molecule has 6 nitrogen and oxygen atoms in total. The molecule has 0 heterocycles. The standard InChI is InChI=1S/C25H56O6Si3/c1-13-14-18-33(9,10)30-22(4)34(11,12)31-25(5,6)32(7,8)17-15-16-28-19-23(26)20-29-24(27)21(2)3/h21-23,26H,13-20H2,1-12H3/t22-,23?/m1/s1. The molecule has 0 spiro atoms. The normalized spacial score (nSPS) is 15.5. The van der Waals surface area contributed by atoms with E-state index in [0.717, 1.165) is 12.5 Å². The Kier molecular flexibility index (Phi) is 14.6. The van der Waals surface area contributed by atoms with Crippen LogP contribution in [0.4, 0.5) is 0 Å². The van der Waals surface area contributed by atoms with Gasteiger partial charge >= 0.3 is 5.97 Å². The molecule has 9 heteroatoms. The van der Waals surface area contributed by atoms with E-state index >= 15 is 0 Å². The maximum atomic E-state index is 11.5. The topological polar surface area (TPSA) is 74.2 Å². The molecule has 0 amide bonds. The lowest BCUT2D eigenvalue weighted by Gasteiger charge is -2.47. The lowest BCUT2D eigenvalue weighted by molar-refractivity contribution is -0.151. The molecule has 0 aromatic carbocycles. The van der Waals surface area contributed by atoms with Crippen molar-refractivity contribution in [2.24, 2.45) is 5.92 Å². The lowest BCUT2D eigenvalue weighted by atomic mass is 10.2. The van der Waals surface area contributed by atoms with E-state index in [9.17, 15) is 9.90 Å². The Morgan fingerprint density at radius 3 is 2.06 bits per heavy atom. The fourth-order valence-corrected chi connectivity index (χ4v) is 13.1. The summed E-state index contributed by atoms with van der Waals surface area (Å²) in [5.41, 5.74) is 0.171. The highest BCUT2D eigenvalue weighted by molar-refractivity contribution is 6.82. The molecule has 204 valence electrons. The van der Waals surface area contributed by atoms with Crippen LogP contribution in [0, 0.1) is 5.92 Å². The van der Waals surface area contributed by atoms with Gasteiger partial charge in [-0.15, -0.1) is 0 Å². The van der Waals surface area contributed by atoms with E-state index < -0.39 is 30.8 Å². The Balaban J connectivity index is 4.64. The van der Waals surface area contributed by atoms with Crippen LogP contribution in [0.15, 0.2) is 0 Å². The van der Waals surface area contributed by atoms with Gasteiger partial charge in [0.05, 0.1) is 26.3 Å². The average molecular weight is 537 g/mol. The van der Waals surface area contributed by atoms with Gasteiger partial charge in [0.25, 0.3) is 0 Å². The molecule has 0 aliphatic rings. The van der Waals surface area contributed by atoms with Crippen molar-refractivity contribution in [1.82, 2.24) is 0 Å². The molecule has 34 heavy (non-hydrogen) atoms. The number of ether oxygens (including phenoxy) is 2. The van der Waals surface area contributed by atoms with Gasteiger partial charge in [0.15, 0.2) is 8.32 Å². The van der Waals surface area contributed by atoms with Crippen molar-refractivity contribution < 1.29 is 28.2 Å². The van der Waals surface area contributed by atoms with Crippen LogP contribution >= 0.6 is 0 Å². The zero-order valence-corrected chi connectivity index (χ0v) is 27.4. The highest BCUT2D eigenvalue weighted by atomic mass is 28.4. The first kappa shape index (κ1) is 34.0. The fourth-order valence-electron chi connectivity index (χ4n) is 3.69. The van der Waals surface area contributed by atoms with Crippen LogP contribution in [-0.2, 0) is 23.1 Å². The molecule has 0 bridgehead atoms. The highest BCUT2D eigenvalue weighted by Crippen LogP contribution is 2.34. The summed E-state index contributed by atoms with van der Waals surface area (Å²) < 4.78 is 24.3. The van der Waals surface area contributed by atoms with E-state index in [4.69, 9.17) is 18.3 Å². The summed E-state index contributed by atoms with van der Waals surface area (Å²) in [6, 6.07) is 2.28. The average Bonchev–Trinajstić information content (AvgIpc) is 2.68. The van der Waals surface area contributed by atoms with Crippen LogP contribution in [0.2, 0.25) is 51.4 Å². The van der Waals surface area contributed by atoms with Crippen molar-refractivity contribution >= 4 is 30.7 Å². The number of aliphatic hydroxyl groups excluding tert-OH is 1. The number of aliphatic hydroxyl groups is 1. The van der Waals surface area contributed by atoms with Gasteiger partial charge < -0.3 is 23.4 Å². The van der Waals surface area contributed by atoms with Crippen molar-refractivity contribution in [3.63, 3.8) is 0 Å². The van der Waals surface area contributed by atoms with Gasteiger partial charge in [-0.05, 0) is 59.4 Å². The summed E-state index contributed by atoms with van der Waals surface area (Å²) in [6.45, 7) is 27.3. The molecule has 0 aromatic heterocycles. The second kappa shape index (κ2) is 14.6. The maximum absolute atomic E-state index is 11.5. The highest BCUT2D eigenvalue weighted by Gasteiger charge is 2.46. The first-order chi connectivity index (χ1) is 15.4. The molecular weight excluding hydrogens is 481 g/mol. The molecule has 0 rings (SSSR count). The smallest absolute Gasteiger partial charge is 0.308 e. The van der Waals surface area contributed by atoms with Gasteiger partial charge in [-0.1, -0.05) is 52.8 Å². The molecule has 1 N–H and O–H groups in total. The van der Waals surface area contributed by atoms with Gasteiger partial charge in [-0.2, -0.15) is 0 Å². The lowest BCUT2D eigenvalue weighted by Crippen LogP contribution is -2.61. The molecule has 0 saturated heterocycles. The number of carbonyl (C=O) groups excluding carboxylic acids is 1. The minimum atomic E-state index is -2.06. The minimum absolute atomic E-state index is 0.0177. The van der Waals surface area contributed by atoms with Crippen molar-refractivity contribution in [2.75, 3.05) is 19.8 Å². The molecule has 1 unspecified atom stereocenters. The summed E-state index contributed by atoms with van der Waals surface area (Å²) in [5.74, 6) is -0.491. The Bertz CT molecular complexity index is 593. The van der Waals surface area contributed by atoms with Crippen LogP contribution in [0.3, 0.4) is 0 Å². The molecular formula is C25H56O6Si3. The van der Waals surface area contributed by atoms with Crippen molar-refractivity contribution in [1.29, 1.82) is 0 Å². The van der Waals surface area contributed by atoms with Gasteiger partial charge in [0.2, 0.25) is 8.32 Å². The van der Waals surface area contributed by atoms with E-state index in [1.165, 1.54) is 18.9 Å².